The number of nitrogen functional groups attached to an aromatic ring is 1. The minimum atomic E-state index is -0.507. The number of nitrogens with two attached hydrogens (primary N) is 1. The van der Waals surface area contributed by atoms with Crippen molar-refractivity contribution in [2.45, 2.75) is 13.0 Å². The van der Waals surface area contributed by atoms with E-state index in [9.17, 15) is 5.11 Å². The van der Waals surface area contributed by atoms with Crippen molar-refractivity contribution in [1.82, 2.24) is 9.78 Å². The highest BCUT2D eigenvalue weighted by molar-refractivity contribution is 5.90. The summed E-state index contributed by atoms with van der Waals surface area (Å²) in [6, 6.07) is 15.4. The third-order valence-electron chi connectivity index (χ3n) is 3.22. The first-order valence-corrected chi connectivity index (χ1v) is 6.18. The van der Waals surface area contributed by atoms with Crippen molar-refractivity contribution in [1.29, 1.82) is 0 Å². The van der Waals surface area contributed by atoms with Gasteiger partial charge in [0.1, 0.15) is 5.82 Å². The van der Waals surface area contributed by atoms with Crippen LogP contribution in [-0.4, -0.2) is 14.9 Å². The van der Waals surface area contributed by atoms with Crippen molar-refractivity contribution >= 4 is 16.7 Å². The predicted molar refractivity (Wildman–Crippen MR) is 76.1 cm³/mol. The summed E-state index contributed by atoms with van der Waals surface area (Å²) in [5.41, 5.74) is 8.69. The van der Waals surface area contributed by atoms with Crippen LogP contribution >= 0.6 is 0 Å². The maximum absolute atomic E-state index is 9.61. The van der Waals surface area contributed by atoms with Crippen LogP contribution in [0.15, 0.2) is 48.5 Å². The summed E-state index contributed by atoms with van der Waals surface area (Å²) in [6.07, 6.45) is -0.507. The highest BCUT2D eigenvalue weighted by Crippen LogP contribution is 2.26. The standard InChI is InChI=1S/C15H15N3O/c1-10(19)11-7-8-13-14(9-11)17-18(15(13)16)12-5-3-2-4-6-12/h2-10,19H,16H2,1H3. The van der Waals surface area contributed by atoms with E-state index < -0.39 is 6.10 Å². The molecule has 0 saturated carbocycles. The molecule has 0 radical (unpaired) electrons. The monoisotopic (exact) mass is 253 g/mol. The molecule has 1 atom stereocenters. The second-order valence-corrected chi connectivity index (χ2v) is 4.59. The molecular formula is C15H15N3O. The highest BCUT2D eigenvalue weighted by Gasteiger charge is 2.11. The maximum Gasteiger partial charge on any atom is 0.135 e. The number of aromatic nitrogens is 2. The molecule has 0 aliphatic carbocycles. The first kappa shape index (κ1) is 11.7. The van der Waals surface area contributed by atoms with Crippen LogP contribution in [0.1, 0.15) is 18.6 Å². The Hall–Kier alpha value is -2.33. The molecular weight excluding hydrogens is 238 g/mol. The summed E-state index contributed by atoms with van der Waals surface area (Å²) in [4.78, 5) is 0. The van der Waals surface area contributed by atoms with Gasteiger partial charge in [-0.2, -0.15) is 5.10 Å². The van der Waals surface area contributed by atoms with Gasteiger partial charge in [0.05, 0.1) is 17.3 Å². The van der Waals surface area contributed by atoms with E-state index in [4.69, 9.17) is 5.73 Å². The van der Waals surface area contributed by atoms with Crippen molar-refractivity contribution < 1.29 is 5.11 Å². The fourth-order valence-corrected chi connectivity index (χ4v) is 2.15. The molecule has 3 N–H and O–H groups in total. The third-order valence-corrected chi connectivity index (χ3v) is 3.22. The van der Waals surface area contributed by atoms with E-state index in [2.05, 4.69) is 5.10 Å². The third kappa shape index (κ3) is 1.96. The average molecular weight is 253 g/mol. The molecule has 1 aromatic heterocycles. The van der Waals surface area contributed by atoms with E-state index in [0.717, 1.165) is 22.2 Å². The number of fused-ring (bicyclic) bond motifs is 1. The van der Waals surface area contributed by atoms with E-state index in [1.54, 1.807) is 11.6 Å². The minimum absolute atomic E-state index is 0.507. The second-order valence-electron chi connectivity index (χ2n) is 4.59. The summed E-state index contributed by atoms with van der Waals surface area (Å²) in [5.74, 6) is 0.610. The average Bonchev–Trinajstić information content (AvgIpc) is 2.76. The van der Waals surface area contributed by atoms with Crippen LogP contribution in [0.25, 0.3) is 16.6 Å². The maximum atomic E-state index is 9.61. The van der Waals surface area contributed by atoms with Crippen molar-refractivity contribution in [2.24, 2.45) is 0 Å². The molecule has 0 amide bonds. The van der Waals surface area contributed by atoms with E-state index in [-0.39, 0.29) is 0 Å². The Morgan fingerprint density at radius 2 is 1.89 bits per heavy atom. The number of anilines is 1. The Morgan fingerprint density at radius 3 is 2.58 bits per heavy atom. The van der Waals surface area contributed by atoms with Crippen molar-refractivity contribution in [3.63, 3.8) is 0 Å². The SMILES string of the molecule is CC(O)c1ccc2c(N)n(-c3ccccc3)nc2c1. The summed E-state index contributed by atoms with van der Waals surface area (Å²) in [5, 5.41) is 15.0. The molecule has 3 aromatic rings. The van der Waals surface area contributed by atoms with Gasteiger partial charge in [0.15, 0.2) is 0 Å². The lowest BCUT2D eigenvalue weighted by Gasteiger charge is -2.03. The number of benzene rings is 2. The Kier molecular flexibility index (Phi) is 2.72. The van der Waals surface area contributed by atoms with Gasteiger partial charge >= 0.3 is 0 Å². The van der Waals surface area contributed by atoms with Crippen LogP contribution < -0.4 is 5.73 Å². The number of hydrogen-bond acceptors (Lipinski definition) is 3. The van der Waals surface area contributed by atoms with E-state index in [0.29, 0.717) is 5.82 Å². The fourth-order valence-electron chi connectivity index (χ4n) is 2.15. The number of aliphatic hydroxyl groups excluding tert-OH is 1. The molecule has 19 heavy (non-hydrogen) atoms. The van der Waals surface area contributed by atoms with Gasteiger partial charge in [-0.15, -0.1) is 0 Å². The van der Waals surface area contributed by atoms with Gasteiger partial charge in [0, 0.05) is 5.39 Å². The molecule has 1 unspecified atom stereocenters. The zero-order chi connectivity index (χ0) is 13.4. The lowest BCUT2D eigenvalue weighted by molar-refractivity contribution is 0.199. The molecule has 0 aliphatic rings. The first-order valence-electron chi connectivity index (χ1n) is 6.18. The van der Waals surface area contributed by atoms with Gasteiger partial charge in [-0.05, 0) is 36.8 Å². The first-order chi connectivity index (χ1) is 9.16. The van der Waals surface area contributed by atoms with E-state index >= 15 is 0 Å². The molecule has 4 heteroatoms. The second kappa shape index (κ2) is 4.40. The molecule has 0 aliphatic heterocycles. The van der Waals surface area contributed by atoms with Gasteiger partial charge in [0.2, 0.25) is 0 Å². The Bertz CT molecular complexity index is 717. The van der Waals surface area contributed by atoms with Gasteiger partial charge < -0.3 is 10.8 Å². The quantitative estimate of drug-likeness (QED) is 0.738. The molecule has 4 nitrogen and oxygen atoms in total. The number of rotatable bonds is 2. The zero-order valence-electron chi connectivity index (χ0n) is 10.6. The zero-order valence-corrected chi connectivity index (χ0v) is 10.6. The molecule has 1 heterocycles. The van der Waals surface area contributed by atoms with E-state index in [1.807, 2.05) is 48.5 Å². The van der Waals surface area contributed by atoms with Crippen LogP contribution in [0, 0.1) is 0 Å². The van der Waals surface area contributed by atoms with Crippen LogP contribution in [0.4, 0.5) is 5.82 Å². The Balaban J connectivity index is 2.20. The Morgan fingerprint density at radius 1 is 1.16 bits per heavy atom. The van der Waals surface area contributed by atoms with Crippen LogP contribution in [-0.2, 0) is 0 Å². The van der Waals surface area contributed by atoms with Crippen molar-refractivity contribution in [3.8, 4) is 5.69 Å². The number of nitrogens with zero attached hydrogens (tertiary/aromatic N) is 2. The largest absolute Gasteiger partial charge is 0.389 e. The predicted octanol–water partition coefficient (Wildman–Crippen LogP) is 2.66. The number of aliphatic hydroxyl groups is 1. The smallest absolute Gasteiger partial charge is 0.135 e. The highest BCUT2D eigenvalue weighted by atomic mass is 16.3. The van der Waals surface area contributed by atoms with Gasteiger partial charge in [-0.3, -0.25) is 0 Å². The summed E-state index contributed by atoms with van der Waals surface area (Å²) < 4.78 is 1.72. The van der Waals surface area contributed by atoms with E-state index in [1.165, 1.54) is 0 Å². The fraction of sp³-hybridized carbons (Fsp3) is 0.133. The Labute approximate surface area is 111 Å². The van der Waals surface area contributed by atoms with Crippen molar-refractivity contribution in [2.75, 3.05) is 5.73 Å². The molecule has 0 spiro atoms. The van der Waals surface area contributed by atoms with Gasteiger partial charge in [-0.1, -0.05) is 24.3 Å². The van der Waals surface area contributed by atoms with Crippen LogP contribution in [0.5, 0.6) is 0 Å². The number of para-hydroxylation sites is 1. The molecule has 2 aromatic carbocycles. The van der Waals surface area contributed by atoms with Crippen LogP contribution in [0.2, 0.25) is 0 Å². The summed E-state index contributed by atoms with van der Waals surface area (Å²) in [7, 11) is 0. The molecule has 0 bridgehead atoms. The van der Waals surface area contributed by atoms with Crippen molar-refractivity contribution in [3.05, 3.63) is 54.1 Å². The molecule has 96 valence electrons. The minimum Gasteiger partial charge on any atom is -0.389 e. The molecule has 3 rings (SSSR count). The van der Waals surface area contributed by atoms with Gasteiger partial charge in [-0.25, -0.2) is 4.68 Å². The summed E-state index contributed by atoms with van der Waals surface area (Å²) in [6.45, 7) is 1.73. The normalized spacial score (nSPS) is 12.7. The lowest BCUT2D eigenvalue weighted by atomic mass is 10.1. The molecule has 0 saturated heterocycles. The van der Waals surface area contributed by atoms with Gasteiger partial charge in [0.25, 0.3) is 0 Å². The summed E-state index contributed by atoms with van der Waals surface area (Å²) >= 11 is 0. The molecule has 0 fully saturated rings. The lowest BCUT2D eigenvalue weighted by Crippen LogP contribution is -2.00. The number of hydrogen-bond donors (Lipinski definition) is 2. The van der Waals surface area contributed by atoms with Crippen LogP contribution in [0.3, 0.4) is 0 Å². The topological polar surface area (TPSA) is 64.1 Å².